The zero-order chi connectivity index (χ0) is 14.5. The van der Waals surface area contributed by atoms with Crippen LogP contribution in [0.3, 0.4) is 0 Å². The molecule has 0 spiro atoms. The van der Waals surface area contributed by atoms with E-state index in [4.69, 9.17) is 0 Å². The summed E-state index contributed by atoms with van der Waals surface area (Å²) >= 11 is 0. The van der Waals surface area contributed by atoms with Gasteiger partial charge in [0.25, 0.3) is 0 Å². The number of aromatic nitrogens is 2. The molecule has 0 amide bonds. The van der Waals surface area contributed by atoms with Crippen molar-refractivity contribution < 1.29 is 8.78 Å². The summed E-state index contributed by atoms with van der Waals surface area (Å²) in [5.74, 6) is -1.70. The van der Waals surface area contributed by atoms with Crippen LogP contribution in [0.25, 0.3) is 0 Å². The highest BCUT2D eigenvalue weighted by Gasteiger charge is 2.17. The molecule has 3 nitrogen and oxygen atoms in total. The minimum absolute atomic E-state index is 0.293. The van der Waals surface area contributed by atoms with Crippen LogP contribution in [-0.4, -0.2) is 16.5 Å². The molecule has 2 aromatic rings. The van der Waals surface area contributed by atoms with Gasteiger partial charge in [0.05, 0.1) is 23.6 Å². The van der Waals surface area contributed by atoms with E-state index in [1.54, 1.807) is 18.5 Å². The molecule has 0 bridgehead atoms. The van der Waals surface area contributed by atoms with Gasteiger partial charge < -0.3 is 5.32 Å². The Kier molecular flexibility index (Phi) is 4.74. The average Bonchev–Trinajstić information content (AvgIpc) is 2.45. The maximum atomic E-state index is 13.4. The highest BCUT2D eigenvalue weighted by Crippen LogP contribution is 2.21. The van der Waals surface area contributed by atoms with E-state index in [1.165, 1.54) is 6.07 Å². The molecule has 1 aromatic carbocycles. The first-order chi connectivity index (χ1) is 9.61. The van der Waals surface area contributed by atoms with Crippen molar-refractivity contribution in [2.75, 3.05) is 6.54 Å². The number of nitrogens with zero attached hydrogens (tertiary/aromatic N) is 2. The van der Waals surface area contributed by atoms with Crippen LogP contribution in [0, 0.1) is 18.6 Å². The Morgan fingerprint density at radius 2 is 1.95 bits per heavy atom. The van der Waals surface area contributed by atoms with E-state index in [1.807, 2.05) is 13.8 Å². The van der Waals surface area contributed by atoms with Crippen LogP contribution in [-0.2, 0) is 0 Å². The smallest absolute Gasteiger partial charge is 0.159 e. The van der Waals surface area contributed by atoms with E-state index in [-0.39, 0.29) is 6.04 Å². The molecule has 1 heterocycles. The quantitative estimate of drug-likeness (QED) is 0.912. The third-order valence-corrected chi connectivity index (χ3v) is 2.97. The van der Waals surface area contributed by atoms with Crippen LogP contribution >= 0.6 is 0 Å². The molecule has 5 heteroatoms. The minimum atomic E-state index is -0.856. The van der Waals surface area contributed by atoms with Crippen LogP contribution in [0.4, 0.5) is 8.78 Å². The fourth-order valence-electron chi connectivity index (χ4n) is 1.93. The van der Waals surface area contributed by atoms with Gasteiger partial charge in [0.15, 0.2) is 11.6 Å². The number of aryl methyl sites for hydroxylation is 1. The van der Waals surface area contributed by atoms with Gasteiger partial charge in [0.2, 0.25) is 0 Å². The lowest BCUT2D eigenvalue weighted by molar-refractivity contribution is 0.502. The van der Waals surface area contributed by atoms with E-state index in [2.05, 4.69) is 15.3 Å². The first kappa shape index (κ1) is 14.5. The number of hydrogen-bond acceptors (Lipinski definition) is 3. The molecule has 0 saturated carbocycles. The average molecular weight is 277 g/mol. The van der Waals surface area contributed by atoms with Gasteiger partial charge in [-0.15, -0.1) is 0 Å². The highest BCUT2D eigenvalue weighted by molar-refractivity contribution is 5.28. The van der Waals surface area contributed by atoms with Crippen molar-refractivity contribution >= 4 is 0 Å². The normalized spacial score (nSPS) is 12.4. The molecule has 0 radical (unpaired) electrons. The fraction of sp³-hybridized carbons (Fsp3) is 0.333. The summed E-state index contributed by atoms with van der Waals surface area (Å²) < 4.78 is 26.4. The van der Waals surface area contributed by atoms with Crippen LogP contribution < -0.4 is 5.32 Å². The van der Waals surface area contributed by atoms with Gasteiger partial charge in [-0.3, -0.25) is 9.97 Å². The van der Waals surface area contributed by atoms with Crippen molar-refractivity contribution in [3.05, 3.63) is 59.2 Å². The lowest BCUT2D eigenvalue weighted by atomic mass is 10.0. The Labute approximate surface area is 117 Å². The van der Waals surface area contributed by atoms with Gasteiger partial charge in [0.1, 0.15) is 0 Å². The molecular weight excluding hydrogens is 260 g/mol. The lowest BCUT2D eigenvalue weighted by Crippen LogP contribution is -2.24. The Hall–Kier alpha value is -1.88. The first-order valence-corrected chi connectivity index (χ1v) is 6.58. The molecule has 0 aliphatic heterocycles. The van der Waals surface area contributed by atoms with Gasteiger partial charge in [-0.2, -0.15) is 0 Å². The first-order valence-electron chi connectivity index (χ1n) is 6.58. The summed E-state index contributed by atoms with van der Waals surface area (Å²) in [5, 5.41) is 3.28. The summed E-state index contributed by atoms with van der Waals surface area (Å²) in [4.78, 5) is 8.52. The molecule has 0 aliphatic carbocycles. The number of nitrogens with one attached hydrogen (secondary N) is 1. The molecular formula is C15H17F2N3. The van der Waals surface area contributed by atoms with Crippen molar-refractivity contribution in [1.82, 2.24) is 15.3 Å². The SMILES string of the molecule is CCCNC(c1ccc(F)c(F)c1)c1cnc(C)cn1. The van der Waals surface area contributed by atoms with Crippen LogP contribution in [0.15, 0.2) is 30.6 Å². The van der Waals surface area contributed by atoms with Gasteiger partial charge in [0, 0.05) is 6.20 Å². The van der Waals surface area contributed by atoms with Gasteiger partial charge in [-0.25, -0.2) is 8.78 Å². The Bertz CT molecular complexity index is 570. The third-order valence-electron chi connectivity index (χ3n) is 2.97. The van der Waals surface area contributed by atoms with Crippen LogP contribution in [0.1, 0.15) is 36.3 Å². The highest BCUT2D eigenvalue weighted by atomic mass is 19.2. The number of benzene rings is 1. The maximum absolute atomic E-state index is 13.4. The fourth-order valence-corrected chi connectivity index (χ4v) is 1.93. The number of halogens is 2. The summed E-state index contributed by atoms with van der Waals surface area (Å²) in [6.45, 7) is 4.64. The lowest BCUT2D eigenvalue weighted by Gasteiger charge is -2.18. The van der Waals surface area contributed by atoms with Crippen molar-refractivity contribution in [3.63, 3.8) is 0 Å². The van der Waals surface area contributed by atoms with Gasteiger partial charge in [-0.05, 0) is 37.6 Å². The zero-order valence-electron chi connectivity index (χ0n) is 11.5. The largest absolute Gasteiger partial charge is 0.305 e. The van der Waals surface area contributed by atoms with E-state index in [9.17, 15) is 8.78 Å². The monoisotopic (exact) mass is 277 g/mol. The van der Waals surface area contributed by atoms with E-state index in [0.29, 0.717) is 11.3 Å². The van der Waals surface area contributed by atoms with E-state index in [0.717, 1.165) is 24.7 Å². The van der Waals surface area contributed by atoms with Crippen molar-refractivity contribution in [2.24, 2.45) is 0 Å². The third kappa shape index (κ3) is 3.36. The van der Waals surface area contributed by atoms with Crippen LogP contribution in [0.2, 0.25) is 0 Å². The Morgan fingerprint density at radius 3 is 2.55 bits per heavy atom. The summed E-state index contributed by atoms with van der Waals surface area (Å²) in [6.07, 6.45) is 4.25. The predicted octanol–water partition coefficient (Wildman–Crippen LogP) is 3.15. The van der Waals surface area contributed by atoms with Crippen molar-refractivity contribution in [3.8, 4) is 0 Å². The second-order valence-corrected chi connectivity index (χ2v) is 4.64. The van der Waals surface area contributed by atoms with Crippen molar-refractivity contribution in [2.45, 2.75) is 26.3 Å². The van der Waals surface area contributed by atoms with E-state index >= 15 is 0 Å². The molecule has 20 heavy (non-hydrogen) atoms. The number of hydrogen-bond donors (Lipinski definition) is 1. The Morgan fingerprint density at radius 1 is 1.15 bits per heavy atom. The maximum Gasteiger partial charge on any atom is 0.159 e. The molecule has 0 fully saturated rings. The molecule has 106 valence electrons. The number of rotatable bonds is 5. The topological polar surface area (TPSA) is 37.8 Å². The zero-order valence-corrected chi connectivity index (χ0v) is 11.5. The summed E-state index contributed by atoms with van der Waals surface area (Å²) in [5.41, 5.74) is 2.14. The van der Waals surface area contributed by atoms with Crippen LogP contribution in [0.5, 0.6) is 0 Å². The molecule has 1 unspecified atom stereocenters. The van der Waals surface area contributed by atoms with Gasteiger partial charge >= 0.3 is 0 Å². The molecule has 1 atom stereocenters. The molecule has 0 saturated heterocycles. The minimum Gasteiger partial charge on any atom is -0.305 e. The molecule has 0 aliphatic rings. The molecule has 2 rings (SSSR count). The van der Waals surface area contributed by atoms with E-state index < -0.39 is 11.6 Å². The van der Waals surface area contributed by atoms with Gasteiger partial charge in [-0.1, -0.05) is 13.0 Å². The molecule has 1 aromatic heterocycles. The second-order valence-electron chi connectivity index (χ2n) is 4.64. The van der Waals surface area contributed by atoms with Crippen molar-refractivity contribution in [1.29, 1.82) is 0 Å². The summed E-state index contributed by atoms with van der Waals surface area (Å²) in [7, 11) is 0. The summed E-state index contributed by atoms with van der Waals surface area (Å²) in [6, 6.07) is 3.60. The Balaban J connectivity index is 2.35. The standard InChI is InChI=1S/C15H17F2N3/c1-3-6-18-15(14-9-19-10(2)8-20-14)11-4-5-12(16)13(17)7-11/h4-5,7-9,15,18H,3,6H2,1-2H3. The molecule has 1 N–H and O–H groups in total. The predicted molar refractivity (Wildman–Crippen MR) is 73.3 cm³/mol. The second kappa shape index (κ2) is 6.52.